The molecule has 1 aromatic carbocycles. The molecule has 1 aromatic rings. The summed E-state index contributed by atoms with van der Waals surface area (Å²) in [5.41, 5.74) is 0.745. The lowest BCUT2D eigenvalue weighted by molar-refractivity contribution is -0.149. The van der Waals surface area contributed by atoms with Gasteiger partial charge in [-0.05, 0) is 37.1 Å². The summed E-state index contributed by atoms with van der Waals surface area (Å²) in [5, 5.41) is 3.87. The molecule has 1 saturated heterocycles. The van der Waals surface area contributed by atoms with Crippen LogP contribution in [-0.2, 0) is 16.1 Å². The Kier molecular flexibility index (Phi) is 5.12. The standard InChI is InChI=1S/C15H18Cl2N2O2/c1-3-4-13-15(21)19(9(2)14(20)18-13)8-10-7-11(16)5-6-12(10)17/h5-7,9,13H,3-4,8H2,1-2H3,(H,18,20). The normalized spacial score (nSPS) is 22.4. The first kappa shape index (κ1) is 16.1. The zero-order chi connectivity index (χ0) is 15.6. The molecular formula is C15H18Cl2N2O2. The van der Waals surface area contributed by atoms with Crippen molar-refractivity contribution in [2.24, 2.45) is 0 Å². The lowest BCUT2D eigenvalue weighted by Crippen LogP contribution is -2.61. The Bertz CT molecular complexity index is 563. The van der Waals surface area contributed by atoms with Crippen molar-refractivity contribution >= 4 is 35.0 Å². The molecule has 0 spiro atoms. The molecule has 0 saturated carbocycles. The van der Waals surface area contributed by atoms with Gasteiger partial charge in [-0.3, -0.25) is 9.59 Å². The molecule has 1 aliphatic heterocycles. The molecule has 4 nitrogen and oxygen atoms in total. The number of nitrogens with zero attached hydrogens (tertiary/aromatic N) is 1. The lowest BCUT2D eigenvalue weighted by Gasteiger charge is -2.37. The number of carbonyl (C=O) groups is 2. The van der Waals surface area contributed by atoms with E-state index in [2.05, 4.69) is 5.32 Å². The van der Waals surface area contributed by atoms with E-state index in [1.165, 1.54) is 0 Å². The fourth-order valence-corrected chi connectivity index (χ4v) is 2.81. The molecule has 6 heteroatoms. The Morgan fingerprint density at radius 2 is 2.00 bits per heavy atom. The molecule has 2 unspecified atom stereocenters. The minimum Gasteiger partial charge on any atom is -0.343 e. The lowest BCUT2D eigenvalue weighted by atomic mass is 10.0. The van der Waals surface area contributed by atoms with Crippen molar-refractivity contribution in [2.75, 3.05) is 0 Å². The quantitative estimate of drug-likeness (QED) is 0.923. The maximum atomic E-state index is 12.5. The van der Waals surface area contributed by atoms with Crippen LogP contribution in [0, 0.1) is 0 Å². The SMILES string of the molecule is CCCC1NC(=O)C(C)N(Cc2cc(Cl)ccc2Cl)C1=O. The van der Waals surface area contributed by atoms with E-state index < -0.39 is 12.1 Å². The van der Waals surface area contributed by atoms with Crippen molar-refractivity contribution < 1.29 is 9.59 Å². The van der Waals surface area contributed by atoms with E-state index in [4.69, 9.17) is 23.2 Å². The van der Waals surface area contributed by atoms with Crippen LogP contribution in [0.4, 0.5) is 0 Å². The number of halogens is 2. The Hall–Kier alpha value is -1.26. The highest BCUT2D eigenvalue weighted by atomic mass is 35.5. The zero-order valence-corrected chi connectivity index (χ0v) is 13.5. The number of hydrogen-bond acceptors (Lipinski definition) is 2. The highest BCUT2D eigenvalue weighted by Crippen LogP contribution is 2.24. The first-order valence-electron chi connectivity index (χ1n) is 6.98. The van der Waals surface area contributed by atoms with E-state index in [1.807, 2.05) is 6.92 Å². The number of amides is 2. The second-order valence-electron chi connectivity index (χ2n) is 5.23. The minimum absolute atomic E-state index is 0.0695. The molecule has 2 atom stereocenters. The maximum absolute atomic E-state index is 12.5. The first-order chi connectivity index (χ1) is 9.93. The summed E-state index contributed by atoms with van der Waals surface area (Å²) >= 11 is 12.1. The van der Waals surface area contributed by atoms with Gasteiger partial charge < -0.3 is 10.2 Å². The second kappa shape index (κ2) is 6.67. The largest absolute Gasteiger partial charge is 0.343 e. The summed E-state index contributed by atoms with van der Waals surface area (Å²) in [6.07, 6.45) is 1.47. The Morgan fingerprint density at radius 1 is 1.29 bits per heavy atom. The highest BCUT2D eigenvalue weighted by molar-refractivity contribution is 6.33. The van der Waals surface area contributed by atoms with Gasteiger partial charge in [0.15, 0.2) is 0 Å². The van der Waals surface area contributed by atoms with Crippen molar-refractivity contribution in [3.63, 3.8) is 0 Å². The van der Waals surface area contributed by atoms with Gasteiger partial charge >= 0.3 is 0 Å². The van der Waals surface area contributed by atoms with Gasteiger partial charge in [0.1, 0.15) is 12.1 Å². The molecule has 0 aromatic heterocycles. The monoisotopic (exact) mass is 328 g/mol. The Labute approximate surface area is 134 Å². The van der Waals surface area contributed by atoms with Gasteiger partial charge in [-0.1, -0.05) is 36.5 Å². The van der Waals surface area contributed by atoms with Gasteiger partial charge in [-0.2, -0.15) is 0 Å². The topological polar surface area (TPSA) is 49.4 Å². The van der Waals surface area contributed by atoms with Crippen LogP contribution in [0.1, 0.15) is 32.3 Å². The fourth-order valence-electron chi connectivity index (χ4n) is 2.43. The molecule has 2 amide bonds. The van der Waals surface area contributed by atoms with E-state index >= 15 is 0 Å². The van der Waals surface area contributed by atoms with Gasteiger partial charge in [-0.15, -0.1) is 0 Å². The molecule has 21 heavy (non-hydrogen) atoms. The van der Waals surface area contributed by atoms with E-state index in [0.717, 1.165) is 12.0 Å². The fraction of sp³-hybridized carbons (Fsp3) is 0.467. The summed E-state index contributed by atoms with van der Waals surface area (Å²) in [6, 6.07) is 4.16. The van der Waals surface area contributed by atoms with Crippen molar-refractivity contribution in [3.8, 4) is 0 Å². The van der Waals surface area contributed by atoms with Gasteiger partial charge in [0.05, 0.1) is 0 Å². The molecule has 1 fully saturated rings. The molecule has 1 N–H and O–H groups in total. The van der Waals surface area contributed by atoms with Crippen LogP contribution in [0.15, 0.2) is 18.2 Å². The molecule has 1 heterocycles. The third-order valence-corrected chi connectivity index (χ3v) is 4.27. The Morgan fingerprint density at radius 3 is 2.67 bits per heavy atom. The third kappa shape index (κ3) is 3.50. The molecule has 1 aliphatic rings. The van der Waals surface area contributed by atoms with Crippen LogP contribution in [0.25, 0.3) is 0 Å². The Balaban J connectivity index is 2.25. The van der Waals surface area contributed by atoms with Gasteiger partial charge in [0.25, 0.3) is 0 Å². The molecule has 0 bridgehead atoms. The predicted octanol–water partition coefficient (Wildman–Crippen LogP) is 3.01. The van der Waals surface area contributed by atoms with Crippen LogP contribution in [0.3, 0.4) is 0 Å². The second-order valence-corrected chi connectivity index (χ2v) is 6.07. The van der Waals surface area contributed by atoms with E-state index in [9.17, 15) is 9.59 Å². The van der Waals surface area contributed by atoms with Crippen LogP contribution in [0.2, 0.25) is 10.0 Å². The molecule has 114 valence electrons. The summed E-state index contributed by atoms with van der Waals surface area (Å²) in [5.74, 6) is -0.203. The van der Waals surface area contributed by atoms with Crippen LogP contribution in [0.5, 0.6) is 0 Å². The summed E-state index contributed by atoms with van der Waals surface area (Å²) < 4.78 is 0. The van der Waals surface area contributed by atoms with E-state index in [1.54, 1.807) is 30.0 Å². The van der Waals surface area contributed by atoms with Crippen molar-refractivity contribution in [1.82, 2.24) is 10.2 Å². The highest BCUT2D eigenvalue weighted by Gasteiger charge is 2.37. The number of piperazine rings is 1. The maximum Gasteiger partial charge on any atom is 0.246 e. The molecular weight excluding hydrogens is 311 g/mol. The summed E-state index contributed by atoms with van der Waals surface area (Å²) in [7, 11) is 0. The van der Waals surface area contributed by atoms with Crippen LogP contribution < -0.4 is 5.32 Å². The number of rotatable bonds is 4. The van der Waals surface area contributed by atoms with Crippen LogP contribution in [-0.4, -0.2) is 28.8 Å². The molecule has 2 rings (SSSR count). The van der Waals surface area contributed by atoms with E-state index in [0.29, 0.717) is 16.5 Å². The van der Waals surface area contributed by atoms with Gasteiger partial charge in [-0.25, -0.2) is 0 Å². The smallest absolute Gasteiger partial charge is 0.246 e. The number of benzene rings is 1. The number of hydrogen-bond donors (Lipinski definition) is 1. The minimum atomic E-state index is -0.513. The summed E-state index contributed by atoms with van der Waals surface area (Å²) in [6.45, 7) is 3.98. The van der Waals surface area contributed by atoms with Gasteiger partial charge in [0.2, 0.25) is 11.8 Å². The van der Waals surface area contributed by atoms with E-state index in [-0.39, 0.29) is 18.4 Å². The molecule has 0 aliphatic carbocycles. The van der Waals surface area contributed by atoms with Crippen molar-refractivity contribution in [2.45, 2.75) is 45.3 Å². The average molecular weight is 329 g/mol. The van der Waals surface area contributed by atoms with Gasteiger partial charge in [0, 0.05) is 16.6 Å². The molecule has 0 radical (unpaired) electrons. The zero-order valence-electron chi connectivity index (χ0n) is 12.0. The van der Waals surface area contributed by atoms with Crippen molar-refractivity contribution in [3.05, 3.63) is 33.8 Å². The average Bonchev–Trinajstić information content (AvgIpc) is 2.44. The predicted molar refractivity (Wildman–Crippen MR) is 83.3 cm³/mol. The third-order valence-electron chi connectivity index (χ3n) is 3.67. The summed E-state index contributed by atoms with van der Waals surface area (Å²) in [4.78, 5) is 26.1. The van der Waals surface area contributed by atoms with Crippen molar-refractivity contribution in [1.29, 1.82) is 0 Å². The van der Waals surface area contributed by atoms with Crippen LogP contribution >= 0.6 is 23.2 Å². The first-order valence-corrected chi connectivity index (χ1v) is 7.74. The number of carbonyl (C=O) groups excluding carboxylic acids is 2. The number of nitrogens with one attached hydrogen (secondary N) is 1.